The minimum Gasteiger partial charge on any atom is -0.508 e. The molecule has 0 spiro atoms. The fraction of sp³-hybridized carbons (Fsp3) is 0.314. The third-order valence-corrected chi connectivity index (χ3v) is 8.38. The summed E-state index contributed by atoms with van der Waals surface area (Å²) in [6, 6.07) is 12.9. The van der Waals surface area contributed by atoms with Crippen molar-refractivity contribution in [3.05, 3.63) is 82.5 Å². The molecule has 3 aliphatic heterocycles. The first-order valence-corrected chi connectivity index (χ1v) is 15.8. The Hall–Kier alpha value is -5.24. The molecule has 2 aromatic rings. The number of fused-ring (bicyclic) bond motifs is 1. The fourth-order valence-corrected chi connectivity index (χ4v) is 5.56. The number of aliphatic hydroxyl groups excluding tert-OH is 5. The molecule has 0 saturated carbocycles. The lowest BCUT2D eigenvalue weighted by Crippen LogP contribution is -2.64. The molecule has 0 aromatic heterocycles. The SMILES string of the molecule is O=c1cc2oc(-c3ccc(O)c(O)c3)c(OC3OC(COC(=[OH+])C=Cc4ccc(O)cc4)C(O)C(O)C3OC3OCC(O)C(O)C3O)cc-2c(O)c1. The van der Waals surface area contributed by atoms with Crippen LogP contribution in [0.3, 0.4) is 0 Å². The van der Waals surface area contributed by atoms with Crippen LogP contribution in [-0.4, -0.2) is 125 Å². The molecule has 4 aliphatic rings. The molecule has 6 rings (SSSR count). The second-order valence-corrected chi connectivity index (χ2v) is 12.1. The topological polar surface area (TPSA) is 280 Å². The van der Waals surface area contributed by atoms with E-state index >= 15 is 0 Å². The molecule has 0 bridgehead atoms. The van der Waals surface area contributed by atoms with E-state index in [9.17, 15) is 55.5 Å². The number of hydrogen-bond acceptors (Lipinski definition) is 16. The predicted molar refractivity (Wildman–Crippen MR) is 176 cm³/mol. The monoisotopic (exact) mass is 727 g/mol. The van der Waals surface area contributed by atoms with Gasteiger partial charge in [-0.3, -0.25) is 4.79 Å². The van der Waals surface area contributed by atoms with Crippen molar-refractivity contribution in [2.24, 2.45) is 0 Å². The molecule has 2 saturated heterocycles. The number of carbonyl (C=O) groups excluding carboxylic acids is 1. The molecular formula is C35H35O17+. The Bertz CT molecular complexity index is 1940. The first kappa shape index (κ1) is 36.5. The molecule has 1 aliphatic carbocycles. The van der Waals surface area contributed by atoms with Gasteiger partial charge in [0, 0.05) is 17.7 Å². The summed E-state index contributed by atoms with van der Waals surface area (Å²) < 4.78 is 34.6. The van der Waals surface area contributed by atoms with Crippen LogP contribution in [0, 0.1) is 0 Å². The molecule has 2 aromatic carbocycles. The summed E-state index contributed by atoms with van der Waals surface area (Å²) in [4.78, 5) is 22.5. The van der Waals surface area contributed by atoms with Crippen molar-refractivity contribution in [2.75, 3.05) is 13.2 Å². The van der Waals surface area contributed by atoms with Crippen LogP contribution < -0.4 is 10.2 Å². The predicted octanol–water partition coefficient (Wildman–Crippen LogP) is 0.116. The number of hydrogen-bond donors (Lipinski definition) is 9. The van der Waals surface area contributed by atoms with Crippen molar-refractivity contribution in [3.63, 3.8) is 0 Å². The Morgan fingerprint density at radius 2 is 1.58 bits per heavy atom. The number of phenolic OH excluding ortho intramolecular Hbond substituents is 4. The third kappa shape index (κ3) is 7.81. The minimum atomic E-state index is -1.89. The van der Waals surface area contributed by atoms with Gasteiger partial charge in [-0.1, -0.05) is 12.1 Å². The molecule has 52 heavy (non-hydrogen) atoms. The molecular weight excluding hydrogens is 692 g/mol. The lowest BCUT2D eigenvalue weighted by Gasteiger charge is -2.44. The normalized spacial score (nSPS) is 27.8. The number of aromatic hydroxyl groups is 4. The van der Waals surface area contributed by atoms with Gasteiger partial charge in [-0.2, -0.15) is 0 Å². The standard InChI is InChI=1S/C35H34O17/c36-17-5-1-15(2-6-17)3-8-27(42)47-14-26-29(44)30(45)33(52-34-31(46)28(43)23(41)13-48-34)35(51-26)50-25-12-19-21(39)10-18(37)11-24(19)49-32(25)16-4-7-20(38)22(40)9-16/h1-12,23,26,28-31,33-36,38-41,43-46H,13-14H2/p+1. The fourth-order valence-electron chi connectivity index (χ4n) is 5.56. The van der Waals surface area contributed by atoms with Crippen LogP contribution in [-0.2, 0) is 18.9 Å². The molecule has 0 amide bonds. The Labute approximate surface area is 293 Å². The number of benzene rings is 3. The lowest BCUT2D eigenvalue weighted by atomic mass is 9.98. The van der Waals surface area contributed by atoms with Crippen molar-refractivity contribution >= 4 is 12.0 Å². The van der Waals surface area contributed by atoms with E-state index < -0.39 is 97.2 Å². The highest BCUT2D eigenvalue weighted by molar-refractivity contribution is 5.88. The van der Waals surface area contributed by atoms with Gasteiger partial charge in [-0.15, -0.1) is 0 Å². The van der Waals surface area contributed by atoms with E-state index in [1.54, 1.807) is 12.1 Å². The molecule has 3 heterocycles. The highest BCUT2D eigenvalue weighted by Gasteiger charge is 2.51. The molecule has 276 valence electrons. The van der Waals surface area contributed by atoms with E-state index in [1.165, 1.54) is 36.4 Å². The van der Waals surface area contributed by atoms with Crippen LogP contribution in [0.1, 0.15) is 5.56 Å². The molecule has 17 nitrogen and oxygen atoms in total. The van der Waals surface area contributed by atoms with Crippen molar-refractivity contribution in [1.82, 2.24) is 0 Å². The molecule has 2 fully saturated rings. The quantitative estimate of drug-likeness (QED) is 0.0479. The maximum absolute atomic E-state index is 12.2. The van der Waals surface area contributed by atoms with E-state index in [0.29, 0.717) is 5.56 Å². The van der Waals surface area contributed by atoms with Crippen molar-refractivity contribution in [1.29, 1.82) is 0 Å². The summed E-state index contributed by atoms with van der Waals surface area (Å²) in [7, 11) is 0. The van der Waals surface area contributed by atoms with Gasteiger partial charge in [-0.25, -0.2) is 0 Å². The van der Waals surface area contributed by atoms with E-state index in [2.05, 4.69) is 0 Å². The van der Waals surface area contributed by atoms with Gasteiger partial charge in [0.25, 0.3) is 0 Å². The zero-order chi connectivity index (χ0) is 37.3. The van der Waals surface area contributed by atoms with Crippen LogP contribution in [0.4, 0.5) is 0 Å². The first-order valence-electron chi connectivity index (χ1n) is 15.8. The zero-order valence-electron chi connectivity index (χ0n) is 26.9. The average molecular weight is 728 g/mol. The maximum Gasteiger partial charge on any atom is 0.510 e. The van der Waals surface area contributed by atoms with E-state index in [-0.39, 0.29) is 34.1 Å². The Morgan fingerprint density at radius 3 is 2.31 bits per heavy atom. The molecule has 0 radical (unpaired) electrons. The second kappa shape index (κ2) is 15.2. The van der Waals surface area contributed by atoms with Crippen molar-refractivity contribution in [2.45, 2.75) is 55.3 Å². The van der Waals surface area contributed by atoms with Crippen LogP contribution in [0.5, 0.6) is 28.7 Å². The van der Waals surface area contributed by atoms with Crippen LogP contribution >= 0.6 is 0 Å². The largest absolute Gasteiger partial charge is 0.510 e. The zero-order valence-corrected chi connectivity index (χ0v) is 26.9. The summed E-state index contributed by atoms with van der Waals surface area (Å²) in [5, 5.41) is 93.2. The lowest BCUT2D eigenvalue weighted by molar-refractivity contribution is -0.344. The van der Waals surface area contributed by atoms with Gasteiger partial charge in [0.15, 0.2) is 46.9 Å². The van der Waals surface area contributed by atoms with Gasteiger partial charge in [0.05, 0.1) is 18.2 Å². The minimum absolute atomic E-state index is 0.0156. The third-order valence-electron chi connectivity index (χ3n) is 8.38. The van der Waals surface area contributed by atoms with Crippen molar-refractivity contribution in [3.8, 4) is 51.4 Å². The summed E-state index contributed by atoms with van der Waals surface area (Å²) in [6.45, 7) is -1.04. The van der Waals surface area contributed by atoms with Gasteiger partial charge < -0.3 is 78.9 Å². The summed E-state index contributed by atoms with van der Waals surface area (Å²) >= 11 is 0. The Morgan fingerprint density at radius 1 is 0.827 bits per heavy atom. The first-order chi connectivity index (χ1) is 24.8. The van der Waals surface area contributed by atoms with Gasteiger partial charge in [-0.05, 0) is 48.0 Å². The van der Waals surface area contributed by atoms with Gasteiger partial charge >= 0.3 is 5.97 Å². The number of ether oxygens (including phenoxy) is 5. The van der Waals surface area contributed by atoms with Gasteiger partial charge in [0.2, 0.25) is 12.9 Å². The molecule has 9 atom stereocenters. The van der Waals surface area contributed by atoms with Crippen LogP contribution in [0.2, 0.25) is 0 Å². The smallest absolute Gasteiger partial charge is 0.508 e. The summed E-state index contributed by atoms with van der Waals surface area (Å²) in [6.07, 6.45) is -12.6. The van der Waals surface area contributed by atoms with E-state index in [4.69, 9.17) is 28.1 Å². The summed E-state index contributed by atoms with van der Waals surface area (Å²) in [5.41, 5.74) is 0.0897. The van der Waals surface area contributed by atoms with Gasteiger partial charge in [0.1, 0.15) is 47.8 Å². The number of phenols is 4. The van der Waals surface area contributed by atoms with E-state index in [1.807, 2.05) is 0 Å². The Balaban J connectivity index is 1.33. The number of aliphatic hydroxyl groups is 5. The molecule has 9 unspecified atom stereocenters. The molecule has 10 N–H and O–H groups in total. The number of esters is 1. The van der Waals surface area contributed by atoms with Crippen molar-refractivity contribution < 1.29 is 78.9 Å². The maximum atomic E-state index is 12.2. The van der Waals surface area contributed by atoms with Crippen LogP contribution in [0.15, 0.2) is 76.0 Å². The number of rotatable bonds is 9. The highest BCUT2D eigenvalue weighted by Crippen LogP contribution is 2.43. The average Bonchev–Trinajstić information content (AvgIpc) is 3.11. The van der Waals surface area contributed by atoms with E-state index in [0.717, 1.165) is 24.3 Å². The molecule has 17 heteroatoms. The van der Waals surface area contributed by atoms with Crippen LogP contribution in [0.25, 0.3) is 28.7 Å². The summed E-state index contributed by atoms with van der Waals surface area (Å²) in [5.74, 6) is -2.61. The Kier molecular flexibility index (Phi) is 10.7. The second-order valence-electron chi connectivity index (χ2n) is 12.1. The highest BCUT2D eigenvalue weighted by atomic mass is 16.8.